The molecule has 0 fully saturated rings. The van der Waals surface area contributed by atoms with Crippen LogP contribution in [0.4, 0.5) is 0 Å². The number of hydrogen-bond donors (Lipinski definition) is 1. The van der Waals surface area contributed by atoms with Gasteiger partial charge in [0.15, 0.2) is 0 Å². The predicted molar refractivity (Wildman–Crippen MR) is 80.8 cm³/mol. The van der Waals surface area contributed by atoms with Crippen LogP contribution >= 0.6 is 27.5 Å². The second-order valence-corrected chi connectivity index (χ2v) is 5.51. The maximum Gasteiger partial charge on any atom is 0.119 e. The molecular formula is C15H14BrClO2. The lowest BCUT2D eigenvalue weighted by Gasteiger charge is -2.13. The number of rotatable bonds is 5. The summed E-state index contributed by atoms with van der Waals surface area (Å²) in [4.78, 5) is 0. The van der Waals surface area contributed by atoms with Crippen molar-refractivity contribution in [2.45, 2.75) is 12.5 Å². The van der Waals surface area contributed by atoms with Gasteiger partial charge in [-0.3, -0.25) is 0 Å². The zero-order valence-corrected chi connectivity index (χ0v) is 12.6. The fourth-order valence-electron chi connectivity index (χ4n) is 1.70. The molecule has 0 saturated carbocycles. The van der Waals surface area contributed by atoms with Crippen LogP contribution in [0.1, 0.15) is 5.56 Å². The van der Waals surface area contributed by atoms with Crippen molar-refractivity contribution in [2.24, 2.45) is 0 Å². The smallest absolute Gasteiger partial charge is 0.119 e. The third-order valence-corrected chi connectivity index (χ3v) is 3.69. The lowest BCUT2D eigenvalue weighted by Crippen LogP contribution is -2.20. The Kier molecular flexibility index (Phi) is 5.25. The average molecular weight is 342 g/mol. The lowest BCUT2D eigenvalue weighted by atomic mass is 10.1. The number of ether oxygens (including phenoxy) is 1. The zero-order valence-electron chi connectivity index (χ0n) is 10.2. The largest absolute Gasteiger partial charge is 0.491 e. The van der Waals surface area contributed by atoms with Gasteiger partial charge in [-0.25, -0.2) is 0 Å². The molecule has 0 bridgehead atoms. The number of aliphatic hydroxyl groups is 1. The molecule has 4 heteroatoms. The highest BCUT2D eigenvalue weighted by Gasteiger charge is 2.09. The maximum absolute atomic E-state index is 9.97. The first-order valence-corrected chi connectivity index (χ1v) is 7.12. The van der Waals surface area contributed by atoms with Crippen molar-refractivity contribution in [1.82, 2.24) is 0 Å². The van der Waals surface area contributed by atoms with Crippen LogP contribution in [0.15, 0.2) is 53.0 Å². The molecule has 2 aromatic carbocycles. The van der Waals surface area contributed by atoms with Gasteiger partial charge < -0.3 is 9.84 Å². The van der Waals surface area contributed by atoms with Crippen molar-refractivity contribution in [3.8, 4) is 5.75 Å². The highest BCUT2D eigenvalue weighted by atomic mass is 79.9. The Morgan fingerprint density at radius 3 is 2.47 bits per heavy atom. The summed E-state index contributed by atoms with van der Waals surface area (Å²) < 4.78 is 6.51. The molecule has 1 N–H and O–H groups in total. The van der Waals surface area contributed by atoms with E-state index in [1.165, 1.54) is 0 Å². The molecule has 2 aromatic rings. The molecule has 1 unspecified atom stereocenters. The molecule has 1 atom stereocenters. The van der Waals surface area contributed by atoms with Gasteiger partial charge in [0.2, 0.25) is 0 Å². The fourth-order valence-corrected chi connectivity index (χ4v) is 2.27. The van der Waals surface area contributed by atoms with Gasteiger partial charge in [0.1, 0.15) is 12.4 Å². The first-order valence-electron chi connectivity index (χ1n) is 5.95. The molecule has 0 aliphatic heterocycles. The summed E-state index contributed by atoms with van der Waals surface area (Å²) in [6.45, 7) is 0.253. The molecule has 0 radical (unpaired) electrons. The minimum atomic E-state index is -0.547. The van der Waals surface area contributed by atoms with E-state index in [-0.39, 0.29) is 6.61 Å². The molecule has 0 saturated heterocycles. The standard InChI is InChI=1S/C15H14BrClO2/c16-15-4-2-1-3-11(15)9-13(18)10-19-14-7-5-12(17)6-8-14/h1-8,13,18H,9-10H2. The van der Waals surface area contributed by atoms with E-state index in [0.717, 1.165) is 10.0 Å². The van der Waals surface area contributed by atoms with Gasteiger partial charge in [0.05, 0.1) is 6.10 Å². The number of halogens is 2. The van der Waals surface area contributed by atoms with E-state index in [1.807, 2.05) is 24.3 Å². The molecule has 0 heterocycles. The van der Waals surface area contributed by atoms with Crippen molar-refractivity contribution in [2.75, 3.05) is 6.61 Å². The highest BCUT2D eigenvalue weighted by molar-refractivity contribution is 9.10. The Hall–Kier alpha value is -1.03. The van der Waals surface area contributed by atoms with E-state index in [1.54, 1.807) is 24.3 Å². The van der Waals surface area contributed by atoms with Crippen LogP contribution in [0.25, 0.3) is 0 Å². The molecular weight excluding hydrogens is 328 g/mol. The highest BCUT2D eigenvalue weighted by Crippen LogP contribution is 2.19. The van der Waals surface area contributed by atoms with Gasteiger partial charge in [-0.2, -0.15) is 0 Å². The van der Waals surface area contributed by atoms with Crippen LogP contribution in [0, 0.1) is 0 Å². The topological polar surface area (TPSA) is 29.5 Å². The van der Waals surface area contributed by atoms with Gasteiger partial charge in [0, 0.05) is 15.9 Å². The van der Waals surface area contributed by atoms with Gasteiger partial charge in [-0.1, -0.05) is 45.7 Å². The van der Waals surface area contributed by atoms with Crippen molar-refractivity contribution in [1.29, 1.82) is 0 Å². The first kappa shape index (κ1) is 14.4. The minimum absolute atomic E-state index is 0.253. The third-order valence-electron chi connectivity index (χ3n) is 2.67. The van der Waals surface area contributed by atoms with Gasteiger partial charge >= 0.3 is 0 Å². The molecule has 100 valence electrons. The molecule has 0 aliphatic carbocycles. The van der Waals surface area contributed by atoms with Crippen LogP contribution in [-0.2, 0) is 6.42 Å². The summed E-state index contributed by atoms with van der Waals surface area (Å²) in [5.41, 5.74) is 1.06. The Morgan fingerprint density at radius 2 is 1.79 bits per heavy atom. The second kappa shape index (κ2) is 6.94. The summed E-state index contributed by atoms with van der Waals surface area (Å²) in [6, 6.07) is 14.9. The third kappa shape index (κ3) is 4.53. The summed E-state index contributed by atoms with van der Waals surface area (Å²) in [7, 11) is 0. The predicted octanol–water partition coefficient (Wildman–Crippen LogP) is 4.08. The van der Waals surface area contributed by atoms with E-state index in [4.69, 9.17) is 16.3 Å². The Morgan fingerprint density at radius 1 is 1.11 bits per heavy atom. The summed E-state index contributed by atoms with van der Waals surface area (Å²) >= 11 is 9.25. The van der Waals surface area contributed by atoms with Gasteiger partial charge in [-0.15, -0.1) is 0 Å². The van der Waals surface area contributed by atoms with E-state index >= 15 is 0 Å². The number of hydrogen-bond acceptors (Lipinski definition) is 2. The van der Waals surface area contributed by atoms with Crippen LogP contribution in [0.3, 0.4) is 0 Å². The summed E-state index contributed by atoms with van der Waals surface area (Å²) in [5.74, 6) is 0.704. The maximum atomic E-state index is 9.97. The zero-order chi connectivity index (χ0) is 13.7. The number of benzene rings is 2. The van der Waals surface area contributed by atoms with Crippen LogP contribution in [0.5, 0.6) is 5.75 Å². The van der Waals surface area contributed by atoms with Crippen LogP contribution in [0.2, 0.25) is 5.02 Å². The Labute approximate surface area is 126 Å². The van der Waals surface area contributed by atoms with Crippen LogP contribution in [-0.4, -0.2) is 17.8 Å². The van der Waals surface area contributed by atoms with Gasteiger partial charge in [-0.05, 0) is 35.9 Å². The Balaban J connectivity index is 1.86. The molecule has 0 amide bonds. The second-order valence-electron chi connectivity index (χ2n) is 4.21. The fraction of sp³-hybridized carbons (Fsp3) is 0.200. The van der Waals surface area contributed by atoms with E-state index in [2.05, 4.69) is 15.9 Å². The molecule has 2 nitrogen and oxygen atoms in total. The quantitative estimate of drug-likeness (QED) is 0.888. The lowest BCUT2D eigenvalue weighted by molar-refractivity contribution is 0.107. The van der Waals surface area contributed by atoms with Gasteiger partial charge in [0.25, 0.3) is 0 Å². The molecule has 2 rings (SSSR count). The SMILES string of the molecule is OC(COc1ccc(Cl)cc1)Cc1ccccc1Br. The number of aliphatic hydroxyl groups excluding tert-OH is 1. The normalized spacial score (nSPS) is 12.2. The van der Waals surface area contributed by atoms with E-state index in [9.17, 15) is 5.11 Å². The molecule has 0 aliphatic rings. The van der Waals surface area contributed by atoms with Crippen molar-refractivity contribution in [3.05, 3.63) is 63.6 Å². The van der Waals surface area contributed by atoms with E-state index in [0.29, 0.717) is 17.2 Å². The summed E-state index contributed by atoms with van der Waals surface area (Å²) in [5, 5.41) is 10.6. The van der Waals surface area contributed by atoms with E-state index < -0.39 is 6.10 Å². The van der Waals surface area contributed by atoms with Crippen molar-refractivity contribution in [3.63, 3.8) is 0 Å². The molecule has 0 spiro atoms. The van der Waals surface area contributed by atoms with Crippen molar-refractivity contribution < 1.29 is 9.84 Å². The summed E-state index contributed by atoms with van der Waals surface area (Å²) in [6.07, 6.45) is 0.00374. The minimum Gasteiger partial charge on any atom is -0.491 e. The van der Waals surface area contributed by atoms with Crippen LogP contribution < -0.4 is 4.74 Å². The monoisotopic (exact) mass is 340 g/mol. The molecule has 19 heavy (non-hydrogen) atoms. The average Bonchev–Trinajstić information content (AvgIpc) is 2.41. The van der Waals surface area contributed by atoms with Crippen molar-refractivity contribution >= 4 is 27.5 Å². The molecule has 0 aromatic heterocycles. The first-order chi connectivity index (χ1) is 9.15. The Bertz CT molecular complexity index is 528.